The lowest BCUT2D eigenvalue weighted by molar-refractivity contribution is -0.154. The third-order valence-electron chi connectivity index (χ3n) is 4.00. The average Bonchev–Trinajstić information content (AvgIpc) is 2.96. The minimum absolute atomic E-state index is 0.0762. The lowest BCUT2D eigenvalue weighted by atomic mass is 10.1. The maximum absolute atomic E-state index is 12.6. The van der Waals surface area contributed by atoms with E-state index in [1.807, 2.05) is 0 Å². The van der Waals surface area contributed by atoms with Crippen molar-refractivity contribution < 1.29 is 32.2 Å². The summed E-state index contributed by atoms with van der Waals surface area (Å²) in [5.41, 5.74) is 1.36. The number of amides is 1. The van der Waals surface area contributed by atoms with Crippen LogP contribution in [0.1, 0.15) is 38.9 Å². The fourth-order valence-electron chi connectivity index (χ4n) is 2.82. The third kappa shape index (κ3) is 4.76. The van der Waals surface area contributed by atoms with Crippen molar-refractivity contribution in [1.29, 1.82) is 0 Å². The highest BCUT2D eigenvalue weighted by Crippen LogP contribution is 2.29. The second-order valence-corrected chi connectivity index (χ2v) is 6.51. The zero-order valence-electron chi connectivity index (χ0n) is 15.1. The van der Waals surface area contributed by atoms with Gasteiger partial charge in [-0.2, -0.15) is 13.2 Å². The Hall–Kier alpha value is -2.88. The van der Waals surface area contributed by atoms with Gasteiger partial charge in [-0.15, -0.1) is 0 Å². The Kier molecular flexibility index (Phi) is 5.92. The number of alkyl halides is 3. The van der Waals surface area contributed by atoms with Crippen molar-refractivity contribution >= 4 is 23.5 Å². The largest absolute Gasteiger partial charge is 0.467 e. The van der Waals surface area contributed by atoms with Crippen molar-refractivity contribution in [3.05, 3.63) is 51.9 Å². The van der Waals surface area contributed by atoms with Crippen LogP contribution < -0.4 is 4.74 Å². The lowest BCUT2D eigenvalue weighted by Gasteiger charge is -2.16. The minimum Gasteiger partial charge on any atom is -0.467 e. The summed E-state index contributed by atoms with van der Waals surface area (Å²) < 4.78 is 46.3. The quantitative estimate of drug-likeness (QED) is 0.655. The first-order valence-corrected chi connectivity index (χ1v) is 8.85. The molecule has 0 bridgehead atoms. The van der Waals surface area contributed by atoms with E-state index in [0.29, 0.717) is 16.7 Å². The smallest absolute Gasteiger partial charge is 0.422 e. The normalized spacial score (nSPS) is 13.4. The molecule has 0 aromatic carbocycles. The predicted octanol–water partition coefficient (Wildman–Crippen LogP) is 3.40. The molecule has 3 rings (SSSR count). The van der Waals surface area contributed by atoms with E-state index in [1.54, 1.807) is 6.92 Å². The maximum Gasteiger partial charge on any atom is 0.422 e. The highest BCUT2D eigenvalue weighted by atomic mass is 35.5. The molecule has 0 spiro atoms. The fraction of sp³-hybridized carbons (Fsp3) is 0.333. The zero-order valence-corrected chi connectivity index (χ0v) is 15.9. The van der Waals surface area contributed by atoms with Gasteiger partial charge in [-0.25, -0.2) is 14.8 Å². The van der Waals surface area contributed by atoms with Gasteiger partial charge in [-0.1, -0.05) is 11.6 Å². The van der Waals surface area contributed by atoms with Gasteiger partial charge < -0.3 is 14.4 Å². The van der Waals surface area contributed by atoms with E-state index >= 15 is 0 Å². The van der Waals surface area contributed by atoms with E-state index in [4.69, 9.17) is 16.3 Å². The fourth-order valence-corrected chi connectivity index (χ4v) is 3.06. The molecule has 0 aliphatic carbocycles. The van der Waals surface area contributed by atoms with Gasteiger partial charge in [0.25, 0.3) is 5.91 Å². The van der Waals surface area contributed by atoms with Gasteiger partial charge in [0.2, 0.25) is 5.88 Å². The first kappa shape index (κ1) is 20.8. The Labute approximate surface area is 168 Å². The molecule has 154 valence electrons. The molecule has 11 heteroatoms. The van der Waals surface area contributed by atoms with Crippen LogP contribution in [0.15, 0.2) is 24.5 Å². The van der Waals surface area contributed by atoms with E-state index < -0.39 is 18.8 Å². The van der Waals surface area contributed by atoms with E-state index in [2.05, 4.69) is 14.7 Å². The van der Waals surface area contributed by atoms with E-state index in [1.165, 1.54) is 29.4 Å². The average molecular weight is 430 g/mol. The Bertz CT molecular complexity index is 952. The van der Waals surface area contributed by atoms with Crippen molar-refractivity contribution in [2.45, 2.75) is 26.2 Å². The number of ether oxygens (including phenoxy) is 2. The Morgan fingerprint density at radius 3 is 2.76 bits per heavy atom. The van der Waals surface area contributed by atoms with Gasteiger partial charge in [-0.3, -0.25) is 4.79 Å². The van der Waals surface area contributed by atoms with Gasteiger partial charge in [0.15, 0.2) is 12.3 Å². The second-order valence-electron chi connectivity index (χ2n) is 6.10. The number of carbonyl (C=O) groups excluding carboxylic acids is 2. The van der Waals surface area contributed by atoms with Crippen LogP contribution in [0.2, 0.25) is 5.02 Å². The summed E-state index contributed by atoms with van der Waals surface area (Å²) in [7, 11) is 0. The SMILES string of the molecule is CCOC(=O)c1nccc2c1CN(Cc1cnc(OCC(F)(F)F)c(Cl)c1)C2=O. The number of halogens is 4. The first-order valence-electron chi connectivity index (χ1n) is 8.48. The molecular formula is C18H15ClF3N3O4. The highest BCUT2D eigenvalue weighted by Gasteiger charge is 2.33. The molecule has 7 nitrogen and oxygen atoms in total. The van der Waals surface area contributed by atoms with Crippen LogP contribution >= 0.6 is 11.6 Å². The van der Waals surface area contributed by atoms with Crippen LogP contribution in [-0.4, -0.2) is 46.1 Å². The molecule has 0 fully saturated rings. The molecule has 0 saturated carbocycles. The van der Waals surface area contributed by atoms with Crippen LogP contribution in [0.5, 0.6) is 5.88 Å². The summed E-state index contributed by atoms with van der Waals surface area (Å²) >= 11 is 5.94. The molecule has 0 radical (unpaired) electrons. The molecule has 0 unspecified atom stereocenters. The summed E-state index contributed by atoms with van der Waals surface area (Å²) in [6.07, 6.45) is -1.88. The van der Waals surface area contributed by atoms with Gasteiger partial charge in [-0.05, 0) is 24.6 Å². The standard InChI is InChI=1S/C18H15ClF3N3O4/c1-2-28-17(27)14-12-8-25(16(26)11(12)3-4-23-14)7-10-5-13(19)15(24-6-10)29-9-18(20,21)22/h3-6H,2,7-9H2,1H3. The minimum atomic E-state index is -4.51. The summed E-state index contributed by atoms with van der Waals surface area (Å²) in [6.45, 7) is 0.539. The van der Waals surface area contributed by atoms with E-state index in [-0.39, 0.29) is 42.2 Å². The molecule has 3 heterocycles. The van der Waals surface area contributed by atoms with Gasteiger partial charge in [0.1, 0.15) is 5.02 Å². The molecular weight excluding hydrogens is 415 g/mol. The molecule has 0 N–H and O–H groups in total. The number of aromatic nitrogens is 2. The number of pyridine rings is 2. The van der Waals surface area contributed by atoms with E-state index in [9.17, 15) is 22.8 Å². The summed E-state index contributed by atoms with van der Waals surface area (Å²) in [6, 6.07) is 2.89. The van der Waals surface area contributed by atoms with Crippen molar-refractivity contribution in [2.24, 2.45) is 0 Å². The Balaban J connectivity index is 1.74. The lowest BCUT2D eigenvalue weighted by Crippen LogP contribution is -2.23. The van der Waals surface area contributed by atoms with Gasteiger partial charge >= 0.3 is 12.1 Å². The number of hydrogen-bond acceptors (Lipinski definition) is 6. The zero-order chi connectivity index (χ0) is 21.2. The monoisotopic (exact) mass is 429 g/mol. The molecule has 1 aliphatic heterocycles. The third-order valence-corrected chi connectivity index (χ3v) is 4.27. The summed E-state index contributed by atoms with van der Waals surface area (Å²) in [5.74, 6) is -1.28. The first-order chi connectivity index (χ1) is 13.7. The van der Waals surface area contributed by atoms with Crippen molar-refractivity contribution in [2.75, 3.05) is 13.2 Å². The molecule has 1 amide bonds. The number of nitrogens with zero attached hydrogens (tertiary/aromatic N) is 3. The maximum atomic E-state index is 12.6. The van der Waals surface area contributed by atoms with Crippen LogP contribution in [0, 0.1) is 0 Å². The summed E-state index contributed by atoms with van der Waals surface area (Å²) in [5, 5.41) is -0.107. The molecule has 2 aromatic rings. The molecule has 0 saturated heterocycles. The Morgan fingerprint density at radius 2 is 2.10 bits per heavy atom. The van der Waals surface area contributed by atoms with Crippen molar-refractivity contribution in [1.82, 2.24) is 14.9 Å². The van der Waals surface area contributed by atoms with Crippen molar-refractivity contribution in [3.63, 3.8) is 0 Å². The number of carbonyl (C=O) groups is 2. The van der Waals surface area contributed by atoms with Crippen molar-refractivity contribution in [3.8, 4) is 5.88 Å². The second kappa shape index (κ2) is 8.24. The van der Waals surface area contributed by atoms with Crippen LogP contribution in [0.3, 0.4) is 0 Å². The molecule has 2 aromatic heterocycles. The van der Waals surface area contributed by atoms with E-state index in [0.717, 1.165) is 0 Å². The molecule has 1 aliphatic rings. The number of rotatable bonds is 6. The number of esters is 1. The molecule has 29 heavy (non-hydrogen) atoms. The Morgan fingerprint density at radius 1 is 1.34 bits per heavy atom. The predicted molar refractivity (Wildman–Crippen MR) is 94.6 cm³/mol. The van der Waals surface area contributed by atoms with Gasteiger partial charge in [0.05, 0.1) is 6.61 Å². The number of fused-ring (bicyclic) bond motifs is 1. The topological polar surface area (TPSA) is 81.6 Å². The van der Waals surface area contributed by atoms with Gasteiger partial charge in [0, 0.05) is 36.6 Å². The highest BCUT2D eigenvalue weighted by molar-refractivity contribution is 6.31. The van der Waals surface area contributed by atoms with Crippen LogP contribution in [-0.2, 0) is 17.8 Å². The van der Waals surface area contributed by atoms with Crippen LogP contribution in [0.25, 0.3) is 0 Å². The summed E-state index contributed by atoms with van der Waals surface area (Å²) in [4.78, 5) is 33.9. The number of hydrogen-bond donors (Lipinski definition) is 0. The van der Waals surface area contributed by atoms with Crippen LogP contribution in [0.4, 0.5) is 13.2 Å². The molecule has 0 atom stereocenters.